The molecule has 1 amide bonds. The molecule has 0 aliphatic carbocycles. The maximum absolute atomic E-state index is 12.1. The number of carboxylic acids is 1. The first kappa shape index (κ1) is 15.5. The number of amides is 1. The van der Waals surface area contributed by atoms with Gasteiger partial charge in [-0.3, -0.25) is 14.5 Å². The third-order valence-electron chi connectivity index (χ3n) is 4.03. The molecule has 1 aromatic rings. The van der Waals surface area contributed by atoms with E-state index in [0.29, 0.717) is 13.0 Å². The molecule has 0 saturated carbocycles. The van der Waals surface area contributed by atoms with Crippen molar-refractivity contribution in [2.45, 2.75) is 38.8 Å². The molecular weight excluding hydrogens is 268 g/mol. The Hall–Kier alpha value is -1.88. The van der Waals surface area contributed by atoms with Crippen molar-refractivity contribution in [1.82, 2.24) is 10.2 Å². The number of benzene rings is 1. The smallest absolute Gasteiger partial charge is 0.320 e. The number of hydrogen-bond donors (Lipinski definition) is 2. The van der Waals surface area contributed by atoms with E-state index in [0.717, 1.165) is 17.5 Å². The molecule has 1 aliphatic rings. The van der Waals surface area contributed by atoms with Gasteiger partial charge < -0.3 is 10.4 Å². The maximum Gasteiger partial charge on any atom is 0.320 e. The van der Waals surface area contributed by atoms with Crippen LogP contribution in [0, 0.1) is 6.92 Å². The Morgan fingerprint density at radius 1 is 1.43 bits per heavy atom. The van der Waals surface area contributed by atoms with E-state index < -0.39 is 12.0 Å². The predicted octanol–water partition coefficient (Wildman–Crippen LogP) is 1.72. The second-order valence-corrected chi connectivity index (χ2v) is 5.61. The number of aryl methyl sites for hydroxylation is 1. The molecule has 114 valence electrons. The van der Waals surface area contributed by atoms with Gasteiger partial charge in [-0.25, -0.2) is 0 Å². The Labute approximate surface area is 125 Å². The summed E-state index contributed by atoms with van der Waals surface area (Å²) in [7, 11) is 0. The normalized spacial score (nSPS) is 20.2. The van der Waals surface area contributed by atoms with Crippen LogP contribution in [0.1, 0.15) is 36.9 Å². The third kappa shape index (κ3) is 3.82. The first-order valence-electron chi connectivity index (χ1n) is 7.31. The van der Waals surface area contributed by atoms with Gasteiger partial charge in [0.25, 0.3) is 0 Å². The van der Waals surface area contributed by atoms with E-state index in [1.807, 2.05) is 38.1 Å². The number of hydrogen-bond acceptors (Lipinski definition) is 3. The molecule has 1 saturated heterocycles. The van der Waals surface area contributed by atoms with Crippen LogP contribution in [-0.2, 0) is 9.59 Å². The van der Waals surface area contributed by atoms with Gasteiger partial charge in [0.1, 0.15) is 6.04 Å². The molecule has 2 N–H and O–H groups in total. The molecule has 1 aromatic carbocycles. The van der Waals surface area contributed by atoms with Crippen molar-refractivity contribution in [1.29, 1.82) is 0 Å². The van der Waals surface area contributed by atoms with Gasteiger partial charge in [0.2, 0.25) is 5.91 Å². The summed E-state index contributed by atoms with van der Waals surface area (Å²) in [6, 6.07) is 7.32. The van der Waals surface area contributed by atoms with Crippen molar-refractivity contribution in [3.8, 4) is 0 Å². The summed E-state index contributed by atoms with van der Waals surface area (Å²) in [5.74, 6) is -0.967. The number of carboxylic acid groups (broad SMARTS) is 1. The highest BCUT2D eigenvalue weighted by Crippen LogP contribution is 2.18. The Morgan fingerprint density at radius 3 is 2.81 bits per heavy atom. The molecule has 0 spiro atoms. The molecule has 1 fully saturated rings. The van der Waals surface area contributed by atoms with Crippen LogP contribution in [0.3, 0.4) is 0 Å². The second kappa shape index (κ2) is 6.72. The van der Waals surface area contributed by atoms with E-state index in [-0.39, 0.29) is 18.5 Å². The van der Waals surface area contributed by atoms with Crippen LogP contribution in [-0.4, -0.2) is 41.0 Å². The molecule has 0 aromatic heterocycles. The number of nitrogens with zero attached hydrogens (tertiary/aromatic N) is 1. The van der Waals surface area contributed by atoms with Gasteiger partial charge in [-0.2, -0.15) is 0 Å². The zero-order valence-corrected chi connectivity index (χ0v) is 12.5. The van der Waals surface area contributed by atoms with Crippen LogP contribution in [0.15, 0.2) is 24.3 Å². The van der Waals surface area contributed by atoms with Gasteiger partial charge in [-0.1, -0.05) is 24.3 Å². The number of carbonyl (C=O) groups is 2. The Balaban J connectivity index is 1.93. The topological polar surface area (TPSA) is 69.6 Å². The maximum atomic E-state index is 12.1. The van der Waals surface area contributed by atoms with E-state index >= 15 is 0 Å². The number of rotatable bonds is 5. The summed E-state index contributed by atoms with van der Waals surface area (Å²) in [4.78, 5) is 25.0. The Kier molecular flexibility index (Phi) is 4.96. The Bertz CT molecular complexity index is 530. The summed E-state index contributed by atoms with van der Waals surface area (Å²) < 4.78 is 0. The van der Waals surface area contributed by atoms with Crippen molar-refractivity contribution in [3.63, 3.8) is 0 Å². The van der Waals surface area contributed by atoms with Gasteiger partial charge in [0, 0.05) is 0 Å². The monoisotopic (exact) mass is 290 g/mol. The molecule has 0 bridgehead atoms. The van der Waals surface area contributed by atoms with Crippen molar-refractivity contribution >= 4 is 11.9 Å². The van der Waals surface area contributed by atoms with Crippen molar-refractivity contribution in [2.24, 2.45) is 0 Å². The van der Waals surface area contributed by atoms with Gasteiger partial charge >= 0.3 is 5.97 Å². The van der Waals surface area contributed by atoms with E-state index in [9.17, 15) is 9.59 Å². The fourth-order valence-electron chi connectivity index (χ4n) is 2.92. The summed E-state index contributed by atoms with van der Waals surface area (Å²) in [5.41, 5.74) is 2.22. The second-order valence-electron chi connectivity index (χ2n) is 5.61. The van der Waals surface area contributed by atoms with E-state index in [4.69, 9.17) is 5.11 Å². The summed E-state index contributed by atoms with van der Waals surface area (Å²) >= 11 is 0. The van der Waals surface area contributed by atoms with Crippen LogP contribution < -0.4 is 5.32 Å². The van der Waals surface area contributed by atoms with E-state index in [1.165, 1.54) is 0 Å². The molecule has 21 heavy (non-hydrogen) atoms. The minimum absolute atomic E-state index is 0.0791. The summed E-state index contributed by atoms with van der Waals surface area (Å²) in [6.45, 7) is 4.77. The van der Waals surface area contributed by atoms with Crippen LogP contribution >= 0.6 is 0 Å². The van der Waals surface area contributed by atoms with E-state index in [1.54, 1.807) is 4.90 Å². The molecule has 2 atom stereocenters. The first-order valence-corrected chi connectivity index (χ1v) is 7.31. The van der Waals surface area contributed by atoms with Crippen molar-refractivity contribution in [3.05, 3.63) is 35.4 Å². The fraction of sp³-hybridized carbons (Fsp3) is 0.500. The highest BCUT2D eigenvalue weighted by molar-refractivity contribution is 5.80. The van der Waals surface area contributed by atoms with Gasteiger partial charge in [-0.15, -0.1) is 0 Å². The van der Waals surface area contributed by atoms with Crippen LogP contribution in [0.5, 0.6) is 0 Å². The lowest BCUT2D eigenvalue weighted by atomic mass is 10.0. The number of likely N-dealkylation sites (tertiary alicyclic amines) is 1. The summed E-state index contributed by atoms with van der Waals surface area (Å²) in [6.07, 6.45) is 1.45. The van der Waals surface area contributed by atoms with Crippen LogP contribution in [0.2, 0.25) is 0 Å². The van der Waals surface area contributed by atoms with Gasteiger partial charge in [0.05, 0.1) is 12.6 Å². The molecule has 1 aliphatic heterocycles. The number of carbonyl (C=O) groups excluding carboxylic acids is 1. The third-order valence-corrected chi connectivity index (χ3v) is 4.03. The lowest BCUT2D eigenvalue weighted by molar-refractivity contribution is -0.142. The molecule has 5 heteroatoms. The van der Waals surface area contributed by atoms with Crippen LogP contribution in [0.25, 0.3) is 0 Å². The van der Waals surface area contributed by atoms with Crippen LogP contribution in [0.4, 0.5) is 0 Å². The lowest BCUT2D eigenvalue weighted by Gasteiger charge is -2.22. The molecule has 0 unspecified atom stereocenters. The summed E-state index contributed by atoms with van der Waals surface area (Å²) in [5, 5.41) is 12.1. The molecule has 0 radical (unpaired) electrons. The first-order chi connectivity index (χ1) is 9.99. The lowest BCUT2D eigenvalue weighted by Crippen LogP contribution is -2.43. The molecular formula is C16H22N2O3. The number of aliphatic carboxylic acids is 1. The molecule has 2 rings (SSSR count). The zero-order valence-electron chi connectivity index (χ0n) is 12.5. The van der Waals surface area contributed by atoms with Gasteiger partial charge in [0.15, 0.2) is 0 Å². The Morgan fingerprint density at radius 2 is 2.14 bits per heavy atom. The highest BCUT2D eigenvalue weighted by Gasteiger charge is 2.31. The van der Waals surface area contributed by atoms with Crippen molar-refractivity contribution < 1.29 is 14.7 Å². The SMILES string of the molecule is Cc1ccccc1[C@H](C)NC(=O)CN1CCC[C@@H]1C(=O)O. The highest BCUT2D eigenvalue weighted by atomic mass is 16.4. The fourth-order valence-corrected chi connectivity index (χ4v) is 2.92. The van der Waals surface area contributed by atoms with Gasteiger partial charge in [-0.05, 0) is 44.4 Å². The van der Waals surface area contributed by atoms with Crippen molar-refractivity contribution in [2.75, 3.05) is 13.1 Å². The molecule has 5 nitrogen and oxygen atoms in total. The minimum atomic E-state index is -0.841. The van der Waals surface area contributed by atoms with E-state index in [2.05, 4.69) is 5.32 Å². The minimum Gasteiger partial charge on any atom is -0.480 e. The number of nitrogens with one attached hydrogen (secondary N) is 1. The quantitative estimate of drug-likeness (QED) is 0.866. The average molecular weight is 290 g/mol. The largest absolute Gasteiger partial charge is 0.480 e. The average Bonchev–Trinajstić information content (AvgIpc) is 2.87. The standard InChI is InChI=1S/C16H22N2O3/c1-11-6-3-4-7-13(11)12(2)17-15(19)10-18-9-5-8-14(18)16(20)21/h3-4,6-7,12,14H,5,8-10H2,1-2H3,(H,17,19)(H,20,21)/t12-,14+/m0/s1. The predicted molar refractivity (Wildman–Crippen MR) is 80.0 cm³/mol. The zero-order chi connectivity index (χ0) is 15.4. The molecule has 1 heterocycles.